The maximum Gasteiger partial charge on any atom is 0.0651 e. The highest BCUT2D eigenvalue weighted by molar-refractivity contribution is 9.09. The van der Waals surface area contributed by atoms with E-state index < -0.39 is 0 Å². The molecular weight excluding hydrogens is 228 g/mol. The van der Waals surface area contributed by atoms with Crippen LogP contribution in [0.5, 0.6) is 0 Å². The number of alkyl halides is 1. The fourth-order valence-corrected chi connectivity index (χ4v) is 1.78. The summed E-state index contributed by atoms with van der Waals surface area (Å²) in [5, 5.41) is 0. The van der Waals surface area contributed by atoms with Gasteiger partial charge in [0, 0.05) is 11.4 Å². The fraction of sp³-hybridized carbons (Fsp3) is 1.00. The summed E-state index contributed by atoms with van der Waals surface area (Å²) in [6.07, 6.45) is 4.77. The van der Waals surface area contributed by atoms with Gasteiger partial charge in [0.1, 0.15) is 0 Å². The quantitative estimate of drug-likeness (QED) is 0.618. The van der Waals surface area contributed by atoms with Crippen LogP contribution in [0.3, 0.4) is 0 Å². The average molecular weight is 251 g/mol. The molecule has 0 aromatic carbocycles. The molecule has 0 N–H and O–H groups in total. The van der Waals surface area contributed by atoms with Crippen molar-refractivity contribution in [1.29, 1.82) is 0 Å². The van der Waals surface area contributed by atoms with Crippen LogP contribution in [0.2, 0.25) is 0 Å². The highest BCUT2D eigenvalue weighted by Crippen LogP contribution is 2.23. The highest BCUT2D eigenvalue weighted by Gasteiger charge is 2.21. The Balaban J connectivity index is 3.69. The SMILES string of the molecule is CCOC(C)(CC)CCCC(C)Br. The predicted octanol–water partition coefficient (Wildman–Crippen LogP) is 4.15. The topological polar surface area (TPSA) is 9.23 Å². The number of halogens is 1. The zero-order valence-electron chi connectivity index (χ0n) is 9.40. The molecular formula is C11H23BrO. The Labute approximate surface area is 91.4 Å². The van der Waals surface area contributed by atoms with Gasteiger partial charge in [0.2, 0.25) is 0 Å². The minimum absolute atomic E-state index is 0.108. The second-order valence-electron chi connectivity index (χ2n) is 3.91. The van der Waals surface area contributed by atoms with Gasteiger partial charge >= 0.3 is 0 Å². The molecule has 0 bridgehead atoms. The van der Waals surface area contributed by atoms with E-state index in [1.807, 2.05) is 0 Å². The van der Waals surface area contributed by atoms with E-state index in [2.05, 4.69) is 43.6 Å². The smallest absolute Gasteiger partial charge is 0.0651 e. The highest BCUT2D eigenvalue weighted by atomic mass is 79.9. The van der Waals surface area contributed by atoms with Crippen molar-refractivity contribution < 1.29 is 4.74 Å². The first-order valence-corrected chi connectivity index (χ1v) is 6.23. The lowest BCUT2D eigenvalue weighted by Crippen LogP contribution is -2.27. The van der Waals surface area contributed by atoms with Crippen molar-refractivity contribution in [2.75, 3.05) is 6.61 Å². The molecule has 80 valence electrons. The monoisotopic (exact) mass is 250 g/mol. The van der Waals surface area contributed by atoms with Gasteiger partial charge in [0.25, 0.3) is 0 Å². The number of rotatable bonds is 7. The lowest BCUT2D eigenvalue weighted by Gasteiger charge is -2.28. The van der Waals surface area contributed by atoms with E-state index in [1.54, 1.807) is 0 Å². The van der Waals surface area contributed by atoms with Crippen molar-refractivity contribution in [3.05, 3.63) is 0 Å². The number of ether oxygens (including phenoxy) is 1. The molecule has 0 amide bonds. The van der Waals surface area contributed by atoms with Crippen LogP contribution in [0.25, 0.3) is 0 Å². The molecule has 0 aliphatic carbocycles. The van der Waals surface area contributed by atoms with Gasteiger partial charge in [-0.2, -0.15) is 0 Å². The zero-order chi connectivity index (χ0) is 10.3. The van der Waals surface area contributed by atoms with Gasteiger partial charge in [-0.25, -0.2) is 0 Å². The second kappa shape index (κ2) is 6.83. The minimum Gasteiger partial charge on any atom is -0.376 e. The average Bonchev–Trinajstić information content (AvgIpc) is 2.04. The van der Waals surface area contributed by atoms with E-state index >= 15 is 0 Å². The lowest BCUT2D eigenvalue weighted by molar-refractivity contribution is -0.0351. The zero-order valence-corrected chi connectivity index (χ0v) is 11.0. The molecule has 0 rings (SSSR count). The molecule has 13 heavy (non-hydrogen) atoms. The molecule has 0 saturated carbocycles. The van der Waals surface area contributed by atoms with E-state index in [1.165, 1.54) is 19.3 Å². The van der Waals surface area contributed by atoms with Crippen LogP contribution < -0.4 is 0 Å². The molecule has 2 atom stereocenters. The normalized spacial score (nSPS) is 18.2. The molecule has 0 radical (unpaired) electrons. The van der Waals surface area contributed by atoms with E-state index in [4.69, 9.17) is 4.74 Å². The first kappa shape index (κ1) is 13.4. The van der Waals surface area contributed by atoms with Crippen LogP contribution in [0, 0.1) is 0 Å². The van der Waals surface area contributed by atoms with Gasteiger partial charge < -0.3 is 4.74 Å². The Morgan fingerprint density at radius 1 is 1.38 bits per heavy atom. The summed E-state index contributed by atoms with van der Waals surface area (Å²) >= 11 is 3.56. The number of hydrogen-bond donors (Lipinski definition) is 0. The van der Waals surface area contributed by atoms with Gasteiger partial charge in [-0.1, -0.05) is 29.8 Å². The van der Waals surface area contributed by atoms with Gasteiger partial charge in [0.05, 0.1) is 5.60 Å². The first-order valence-electron chi connectivity index (χ1n) is 5.32. The first-order chi connectivity index (χ1) is 6.04. The van der Waals surface area contributed by atoms with E-state index in [-0.39, 0.29) is 5.60 Å². The van der Waals surface area contributed by atoms with Crippen molar-refractivity contribution in [2.45, 2.75) is 63.8 Å². The van der Waals surface area contributed by atoms with Crippen LogP contribution >= 0.6 is 15.9 Å². The van der Waals surface area contributed by atoms with Crippen LogP contribution in [0.1, 0.15) is 53.4 Å². The van der Waals surface area contributed by atoms with E-state index in [0.29, 0.717) is 4.83 Å². The Morgan fingerprint density at radius 3 is 2.38 bits per heavy atom. The lowest BCUT2D eigenvalue weighted by atomic mass is 9.95. The summed E-state index contributed by atoms with van der Waals surface area (Å²) in [4.78, 5) is 0.634. The summed E-state index contributed by atoms with van der Waals surface area (Å²) in [5.74, 6) is 0. The molecule has 2 heteroatoms. The molecule has 1 nitrogen and oxygen atoms in total. The third-order valence-electron chi connectivity index (χ3n) is 2.55. The fourth-order valence-electron chi connectivity index (χ4n) is 1.46. The van der Waals surface area contributed by atoms with E-state index in [0.717, 1.165) is 13.0 Å². The van der Waals surface area contributed by atoms with Crippen LogP contribution in [-0.2, 0) is 4.74 Å². The molecule has 0 aromatic rings. The van der Waals surface area contributed by atoms with Crippen LogP contribution in [0.4, 0.5) is 0 Å². The predicted molar refractivity (Wildman–Crippen MR) is 62.6 cm³/mol. The molecule has 0 spiro atoms. The third kappa shape index (κ3) is 6.50. The summed E-state index contributed by atoms with van der Waals surface area (Å²) in [6, 6.07) is 0. The molecule has 0 aliphatic heterocycles. The van der Waals surface area contributed by atoms with Gasteiger partial charge in [-0.05, 0) is 39.5 Å². The van der Waals surface area contributed by atoms with E-state index in [9.17, 15) is 0 Å². The summed E-state index contributed by atoms with van der Waals surface area (Å²) in [6.45, 7) is 9.52. The van der Waals surface area contributed by atoms with Crippen LogP contribution in [-0.4, -0.2) is 17.0 Å². The van der Waals surface area contributed by atoms with Crippen molar-refractivity contribution in [3.8, 4) is 0 Å². The Kier molecular flexibility index (Phi) is 7.06. The summed E-state index contributed by atoms with van der Waals surface area (Å²) < 4.78 is 5.75. The van der Waals surface area contributed by atoms with Crippen molar-refractivity contribution >= 4 is 15.9 Å². The molecule has 0 aliphatic rings. The Bertz CT molecular complexity index is 125. The minimum atomic E-state index is 0.108. The molecule has 0 fully saturated rings. The van der Waals surface area contributed by atoms with Gasteiger partial charge in [-0.15, -0.1) is 0 Å². The van der Waals surface area contributed by atoms with Crippen molar-refractivity contribution in [2.24, 2.45) is 0 Å². The van der Waals surface area contributed by atoms with Crippen molar-refractivity contribution in [1.82, 2.24) is 0 Å². The Hall–Kier alpha value is 0.440. The molecule has 0 aromatic heterocycles. The largest absolute Gasteiger partial charge is 0.376 e. The maximum absolute atomic E-state index is 5.75. The second-order valence-corrected chi connectivity index (χ2v) is 5.47. The van der Waals surface area contributed by atoms with Gasteiger partial charge in [-0.3, -0.25) is 0 Å². The summed E-state index contributed by atoms with van der Waals surface area (Å²) in [7, 11) is 0. The Morgan fingerprint density at radius 2 is 2.00 bits per heavy atom. The molecule has 2 unspecified atom stereocenters. The van der Waals surface area contributed by atoms with Crippen molar-refractivity contribution in [3.63, 3.8) is 0 Å². The molecule has 0 saturated heterocycles. The standard InChI is InChI=1S/C11H23BrO/c1-5-11(4,13-6-2)9-7-8-10(3)12/h10H,5-9H2,1-4H3. The third-order valence-corrected chi connectivity index (χ3v) is 3.01. The van der Waals surface area contributed by atoms with Gasteiger partial charge in [0.15, 0.2) is 0 Å². The summed E-state index contributed by atoms with van der Waals surface area (Å²) in [5.41, 5.74) is 0.108. The van der Waals surface area contributed by atoms with Crippen LogP contribution in [0.15, 0.2) is 0 Å². The maximum atomic E-state index is 5.75. The number of hydrogen-bond acceptors (Lipinski definition) is 1. The molecule has 0 heterocycles.